The van der Waals surface area contributed by atoms with E-state index < -0.39 is 0 Å². The van der Waals surface area contributed by atoms with E-state index in [0.717, 1.165) is 49.7 Å². The molecule has 2 aliphatic heterocycles. The number of benzene rings is 3. The summed E-state index contributed by atoms with van der Waals surface area (Å²) in [5.74, 6) is -0.392. The highest BCUT2D eigenvalue weighted by atomic mass is 32.1. The maximum Gasteiger partial charge on any atom is 0.258 e. The summed E-state index contributed by atoms with van der Waals surface area (Å²) in [6.07, 6.45) is 0. The fourth-order valence-electron chi connectivity index (χ4n) is 5.26. The highest BCUT2D eigenvalue weighted by Crippen LogP contribution is 2.38. The van der Waals surface area contributed by atoms with Crippen molar-refractivity contribution in [2.75, 3.05) is 36.9 Å². The lowest BCUT2D eigenvalue weighted by atomic mass is 9.99. The molecule has 2 aliphatic rings. The maximum atomic E-state index is 13.4. The number of hydrogen-bond donors (Lipinski definition) is 3. The van der Waals surface area contributed by atoms with Gasteiger partial charge in [0.05, 0.1) is 30.5 Å². The van der Waals surface area contributed by atoms with E-state index in [2.05, 4.69) is 33.0 Å². The molecular weight excluding hydrogens is 532 g/mol. The standard InChI is InChI=1S/C33H32N4O3S/c1-22(24-7-3-2-4-8-24)34-32(38)25-10-11-29-28(19-25)30(33(39)36-29)31(26-12-17-41-21-26)35-27-9-5-6-23(18-27)20-37-13-15-40-16-14-37/h2-12,17-19,21-22,35H,13-16,20H2,1H3,(H,34,38)(H,36,39)/t22-/m1/s1. The number of thiophene rings is 1. The van der Waals surface area contributed by atoms with Gasteiger partial charge in [-0.15, -0.1) is 0 Å². The third kappa shape index (κ3) is 6.10. The Morgan fingerprint density at radius 3 is 2.61 bits per heavy atom. The van der Waals surface area contributed by atoms with Gasteiger partial charge in [-0.05, 0) is 59.8 Å². The van der Waals surface area contributed by atoms with E-state index >= 15 is 0 Å². The van der Waals surface area contributed by atoms with Crippen LogP contribution in [-0.4, -0.2) is 43.0 Å². The molecule has 2 amide bonds. The van der Waals surface area contributed by atoms with Crippen molar-refractivity contribution in [2.24, 2.45) is 0 Å². The van der Waals surface area contributed by atoms with Gasteiger partial charge in [-0.1, -0.05) is 42.5 Å². The molecular formula is C33H32N4O3S. The average molecular weight is 565 g/mol. The number of fused-ring (bicyclic) bond motifs is 1. The fourth-order valence-corrected chi connectivity index (χ4v) is 5.90. The second-order valence-electron chi connectivity index (χ2n) is 10.3. The van der Waals surface area contributed by atoms with Crippen molar-refractivity contribution in [3.63, 3.8) is 0 Å². The van der Waals surface area contributed by atoms with Crippen LogP contribution in [0.3, 0.4) is 0 Å². The van der Waals surface area contributed by atoms with E-state index in [-0.39, 0.29) is 17.9 Å². The first-order valence-corrected chi connectivity index (χ1v) is 14.7. The minimum atomic E-state index is -0.201. The molecule has 0 spiro atoms. The van der Waals surface area contributed by atoms with Crippen LogP contribution in [0.25, 0.3) is 11.3 Å². The van der Waals surface area contributed by atoms with Gasteiger partial charge in [-0.25, -0.2) is 0 Å². The number of morpholine rings is 1. The predicted molar refractivity (Wildman–Crippen MR) is 165 cm³/mol. The van der Waals surface area contributed by atoms with Crippen LogP contribution < -0.4 is 16.0 Å². The lowest BCUT2D eigenvalue weighted by Crippen LogP contribution is -2.35. The highest BCUT2D eigenvalue weighted by Gasteiger charge is 2.30. The molecule has 208 valence electrons. The van der Waals surface area contributed by atoms with Gasteiger partial charge < -0.3 is 20.7 Å². The molecule has 6 rings (SSSR count). The number of anilines is 2. The SMILES string of the molecule is C[C@@H](NC(=O)c1ccc2c(c1)C(=C(Nc1cccc(CN3CCOCC3)c1)c1ccsc1)C(=O)N2)c1ccccc1. The summed E-state index contributed by atoms with van der Waals surface area (Å²) >= 11 is 1.57. The van der Waals surface area contributed by atoms with Gasteiger partial charge in [-0.2, -0.15) is 11.3 Å². The van der Waals surface area contributed by atoms with Gasteiger partial charge in [0.25, 0.3) is 11.8 Å². The third-order valence-corrected chi connectivity index (χ3v) is 8.12. The highest BCUT2D eigenvalue weighted by molar-refractivity contribution is 7.08. The molecule has 3 aromatic carbocycles. The molecule has 4 aromatic rings. The number of ether oxygens (including phenoxy) is 1. The van der Waals surface area contributed by atoms with Crippen LogP contribution in [0.1, 0.15) is 45.6 Å². The quantitative estimate of drug-likeness (QED) is 0.229. The largest absolute Gasteiger partial charge is 0.379 e. The molecule has 1 fully saturated rings. The smallest absolute Gasteiger partial charge is 0.258 e. The number of nitrogens with zero attached hydrogens (tertiary/aromatic N) is 1. The number of nitrogens with one attached hydrogen (secondary N) is 3. The summed E-state index contributed by atoms with van der Waals surface area (Å²) in [5, 5.41) is 13.6. The Morgan fingerprint density at radius 2 is 1.83 bits per heavy atom. The lowest BCUT2D eigenvalue weighted by Gasteiger charge is -2.26. The molecule has 0 saturated carbocycles. The van der Waals surface area contributed by atoms with Crippen molar-refractivity contribution in [1.29, 1.82) is 0 Å². The Bertz CT molecular complexity index is 1580. The van der Waals surface area contributed by atoms with Gasteiger partial charge in [0.1, 0.15) is 0 Å². The first kappa shape index (κ1) is 27.0. The molecule has 0 aliphatic carbocycles. The average Bonchev–Trinajstić information content (AvgIpc) is 3.64. The van der Waals surface area contributed by atoms with Gasteiger partial charge in [0.15, 0.2) is 0 Å². The Labute approximate surface area is 243 Å². The molecule has 0 bridgehead atoms. The van der Waals surface area contributed by atoms with Crippen molar-refractivity contribution in [2.45, 2.75) is 19.5 Å². The molecule has 3 N–H and O–H groups in total. The van der Waals surface area contributed by atoms with Crippen molar-refractivity contribution in [1.82, 2.24) is 10.2 Å². The molecule has 0 unspecified atom stereocenters. The summed E-state index contributed by atoms with van der Waals surface area (Å²) in [5.41, 5.74) is 7.15. The molecule has 1 saturated heterocycles. The van der Waals surface area contributed by atoms with E-state index in [1.807, 2.05) is 66.2 Å². The zero-order valence-electron chi connectivity index (χ0n) is 22.9. The van der Waals surface area contributed by atoms with Gasteiger partial charge in [-0.3, -0.25) is 14.5 Å². The monoisotopic (exact) mass is 564 g/mol. The molecule has 3 heterocycles. The Kier molecular flexibility index (Phi) is 7.95. The number of rotatable bonds is 8. The maximum absolute atomic E-state index is 13.4. The second-order valence-corrected chi connectivity index (χ2v) is 11.1. The predicted octanol–water partition coefficient (Wildman–Crippen LogP) is 6.00. The van der Waals surface area contributed by atoms with Crippen LogP contribution in [0, 0.1) is 0 Å². The lowest BCUT2D eigenvalue weighted by molar-refractivity contribution is -0.110. The number of amides is 2. The van der Waals surface area contributed by atoms with Gasteiger partial charge >= 0.3 is 0 Å². The third-order valence-electron chi connectivity index (χ3n) is 7.44. The van der Waals surface area contributed by atoms with Crippen molar-refractivity contribution in [3.8, 4) is 0 Å². The van der Waals surface area contributed by atoms with Crippen LogP contribution in [0.15, 0.2) is 89.6 Å². The summed E-state index contributed by atoms with van der Waals surface area (Å²) < 4.78 is 5.49. The fraction of sp³-hybridized carbons (Fsp3) is 0.212. The number of carbonyl (C=O) groups is 2. The number of carbonyl (C=O) groups excluding carboxylic acids is 2. The van der Waals surface area contributed by atoms with E-state index in [9.17, 15) is 9.59 Å². The number of hydrogen-bond acceptors (Lipinski definition) is 6. The van der Waals surface area contributed by atoms with Crippen LogP contribution >= 0.6 is 11.3 Å². The molecule has 1 atom stereocenters. The molecule has 7 nitrogen and oxygen atoms in total. The first-order valence-electron chi connectivity index (χ1n) is 13.8. The van der Waals surface area contributed by atoms with Crippen LogP contribution in [-0.2, 0) is 16.1 Å². The van der Waals surface area contributed by atoms with E-state index in [1.54, 1.807) is 29.5 Å². The van der Waals surface area contributed by atoms with Crippen LogP contribution in [0.4, 0.5) is 11.4 Å². The topological polar surface area (TPSA) is 82.7 Å². The summed E-state index contributed by atoms with van der Waals surface area (Å²) in [6.45, 7) is 6.14. The summed E-state index contributed by atoms with van der Waals surface area (Å²) in [6, 6.07) is 25.4. The Hall–Kier alpha value is -4.24. The zero-order valence-corrected chi connectivity index (χ0v) is 23.7. The van der Waals surface area contributed by atoms with Gasteiger partial charge in [0, 0.05) is 53.1 Å². The molecule has 1 aromatic heterocycles. The zero-order chi connectivity index (χ0) is 28.2. The minimum absolute atomic E-state index is 0.153. The molecule has 8 heteroatoms. The van der Waals surface area contributed by atoms with Crippen LogP contribution in [0.5, 0.6) is 0 Å². The Morgan fingerprint density at radius 1 is 1.00 bits per heavy atom. The van der Waals surface area contributed by atoms with Crippen molar-refractivity contribution in [3.05, 3.63) is 117 Å². The normalized spacial score (nSPS) is 17.0. The summed E-state index contributed by atoms with van der Waals surface area (Å²) in [4.78, 5) is 29.0. The van der Waals surface area contributed by atoms with Crippen molar-refractivity contribution < 1.29 is 14.3 Å². The van der Waals surface area contributed by atoms with E-state index in [0.29, 0.717) is 28.1 Å². The van der Waals surface area contributed by atoms with Crippen LogP contribution in [0.2, 0.25) is 0 Å². The van der Waals surface area contributed by atoms with Crippen molar-refractivity contribution >= 4 is 45.8 Å². The second kappa shape index (κ2) is 12.1. The molecule has 0 radical (unpaired) electrons. The minimum Gasteiger partial charge on any atom is -0.379 e. The molecule has 41 heavy (non-hydrogen) atoms. The van der Waals surface area contributed by atoms with Gasteiger partial charge in [0.2, 0.25) is 0 Å². The first-order chi connectivity index (χ1) is 20.0. The Balaban J connectivity index is 1.31. The van der Waals surface area contributed by atoms with E-state index in [1.165, 1.54) is 5.56 Å². The van der Waals surface area contributed by atoms with E-state index in [4.69, 9.17) is 4.74 Å². The summed E-state index contributed by atoms with van der Waals surface area (Å²) in [7, 11) is 0.